The molecule has 2 aliphatic rings. The Bertz CT molecular complexity index is 1010. The van der Waals surface area contributed by atoms with E-state index in [1.165, 1.54) is 23.8 Å². The van der Waals surface area contributed by atoms with E-state index >= 15 is 0 Å². The number of amides is 2. The predicted octanol–water partition coefficient (Wildman–Crippen LogP) is 2.69. The van der Waals surface area contributed by atoms with Crippen molar-refractivity contribution in [2.75, 3.05) is 19.0 Å². The van der Waals surface area contributed by atoms with Gasteiger partial charge in [-0.25, -0.2) is 4.98 Å². The van der Waals surface area contributed by atoms with E-state index < -0.39 is 0 Å². The molecule has 160 valence electrons. The van der Waals surface area contributed by atoms with Gasteiger partial charge in [-0.1, -0.05) is 19.3 Å². The van der Waals surface area contributed by atoms with Crippen molar-refractivity contribution in [1.82, 2.24) is 14.5 Å². The first-order chi connectivity index (χ1) is 14.5. The second-order valence-electron chi connectivity index (χ2n) is 8.16. The summed E-state index contributed by atoms with van der Waals surface area (Å²) < 4.78 is 7.12. The summed E-state index contributed by atoms with van der Waals surface area (Å²) in [5.41, 5.74) is 0.271. The van der Waals surface area contributed by atoms with Crippen LogP contribution in [0, 0.1) is 0 Å². The topological polar surface area (TPSA) is 93.5 Å². The number of hydrogen-bond acceptors (Lipinski definition) is 5. The van der Waals surface area contributed by atoms with Crippen LogP contribution in [0.2, 0.25) is 0 Å². The minimum atomic E-state index is -0.254. The molecule has 1 aliphatic carbocycles. The van der Waals surface area contributed by atoms with E-state index in [4.69, 9.17) is 4.74 Å². The van der Waals surface area contributed by atoms with Crippen LogP contribution in [0.3, 0.4) is 0 Å². The molecule has 4 rings (SSSR count). The van der Waals surface area contributed by atoms with E-state index in [0.29, 0.717) is 35.7 Å². The van der Waals surface area contributed by atoms with Crippen molar-refractivity contribution in [2.24, 2.45) is 0 Å². The third-order valence-corrected chi connectivity index (χ3v) is 6.05. The second kappa shape index (κ2) is 8.85. The third kappa shape index (κ3) is 4.32. The molecule has 0 radical (unpaired) electrons. The summed E-state index contributed by atoms with van der Waals surface area (Å²) in [6, 6.07) is 5.56. The van der Waals surface area contributed by atoms with Gasteiger partial charge in [-0.15, -0.1) is 0 Å². The van der Waals surface area contributed by atoms with Gasteiger partial charge < -0.3 is 9.64 Å². The van der Waals surface area contributed by atoms with Crippen molar-refractivity contribution in [1.29, 1.82) is 0 Å². The molecule has 2 aromatic rings. The van der Waals surface area contributed by atoms with Crippen LogP contribution in [0.5, 0.6) is 5.75 Å². The summed E-state index contributed by atoms with van der Waals surface area (Å²) in [6.45, 7) is 0.469. The van der Waals surface area contributed by atoms with E-state index in [0.717, 1.165) is 25.7 Å². The number of benzene rings is 1. The van der Waals surface area contributed by atoms with Gasteiger partial charge in [0.05, 0.1) is 17.5 Å². The summed E-state index contributed by atoms with van der Waals surface area (Å²) in [5, 5.41) is 3.01. The highest BCUT2D eigenvalue weighted by Crippen LogP contribution is 2.23. The van der Waals surface area contributed by atoms with E-state index in [2.05, 4.69) is 10.3 Å². The Morgan fingerprint density at radius 2 is 2.03 bits per heavy atom. The average molecular weight is 412 g/mol. The van der Waals surface area contributed by atoms with Gasteiger partial charge in [0.1, 0.15) is 12.3 Å². The Kier molecular flexibility index (Phi) is 6.01. The van der Waals surface area contributed by atoms with Crippen LogP contribution >= 0.6 is 0 Å². The van der Waals surface area contributed by atoms with Crippen LogP contribution in [0.25, 0.3) is 10.9 Å². The number of carbonyl (C=O) groups excluding carboxylic acids is 2. The van der Waals surface area contributed by atoms with Gasteiger partial charge in [0.25, 0.3) is 5.56 Å². The predicted molar refractivity (Wildman–Crippen MR) is 114 cm³/mol. The summed E-state index contributed by atoms with van der Waals surface area (Å²) >= 11 is 0. The first-order valence-electron chi connectivity index (χ1n) is 10.8. The van der Waals surface area contributed by atoms with E-state index in [9.17, 15) is 14.4 Å². The minimum absolute atomic E-state index is 0.00841. The molecule has 1 saturated carbocycles. The lowest BCUT2D eigenvalue weighted by molar-refractivity contribution is -0.132. The molecule has 1 N–H and O–H groups in total. The zero-order chi connectivity index (χ0) is 21.1. The number of aromatic nitrogens is 2. The molecule has 0 bridgehead atoms. The Morgan fingerprint density at radius 3 is 2.83 bits per heavy atom. The van der Waals surface area contributed by atoms with Crippen molar-refractivity contribution < 1.29 is 14.3 Å². The van der Waals surface area contributed by atoms with Gasteiger partial charge in [0.2, 0.25) is 17.8 Å². The Balaban J connectivity index is 1.28. The lowest BCUT2D eigenvalue weighted by Crippen LogP contribution is -2.38. The summed E-state index contributed by atoms with van der Waals surface area (Å²) in [7, 11) is 1.93. The first kappa shape index (κ1) is 20.4. The van der Waals surface area contributed by atoms with E-state index in [1.54, 1.807) is 18.2 Å². The molecule has 8 nitrogen and oxygen atoms in total. The number of rotatable bonds is 7. The molecule has 1 aliphatic heterocycles. The number of nitrogens with zero attached hydrogens (tertiary/aromatic N) is 3. The highest BCUT2D eigenvalue weighted by atomic mass is 16.5. The fourth-order valence-corrected chi connectivity index (χ4v) is 4.26. The van der Waals surface area contributed by atoms with E-state index in [1.807, 2.05) is 11.9 Å². The first-order valence-corrected chi connectivity index (χ1v) is 10.8. The molecule has 30 heavy (non-hydrogen) atoms. The Labute approximate surface area is 175 Å². The van der Waals surface area contributed by atoms with Crippen molar-refractivity contribution in [3.63, 3.8) is 0 Å². The second-order valence-corrected chi connectivity index (χ2v) is 8.16. The maximum atomic E-state index is 12.6. The lowest BCUT2D eigenvalue weighted by Gasteiger charge is -2.31. The van der Waals surface area contributed by atoms with Gasteiger partial charge in [-0.3, -0.25) is 24.3 Å². The normalized spacial score (nSPS) is 16.4. The Morgan fingerprint density at radius 1 is 1.23 bits per heavy atom. The highest BCUT2D eigenvalue weighted by molar-refractivity contribution is 5.94. The van der Waals surface area contributed by atoms with Gasteiger partial charge in [0.15, 0.2) is 0 Å². The molecule has 0 saturated heterocycles. The molecule has 2 amide bonds. The van der Waals surface area contributed by atoms with Crippen molar-refractivity contribution in [2.45, 2.75) is 64.0 Å². The quantitative estimate of drug-likeness (QED) is 0.706. The lowest BCUT2D eigenvalue weighted by atomic mass is 9.94. The molecule has 8 heteroatoms. The SMILES string of the molecule is CN(C(=O)CCCCOc1ccc2nc3n(c(=O)c2c1)CC(=O)N3)C1CCCCC1. The average Bonchev–Trinajstić information content (AvgIpc) is 3.14. The third-order valence-electron chi connectivity index (χ3n) is 6.05. The van der Waals surface area contributed by atoms with Crippen LogP contribution in [0.15, 0.2) is 23.0 Å². The fourth-order valence-electron chi connectivity index (χ4n) is 4.26. The van der Waals surface area contributed by atoms with Gasteiger partial charge in [-0.05, 0) is 43.9 Å². The van der Waals surface area contributed by atoms with Crippen LogP contribution < -0.4 is 15.6 Å². The van der Waals surface area contributed by atoms with Crippen LogP contribution in [0.1, 0.15) is 51.4 Å². The summed E-state index contributed by atoms with van der Waals surface area (Å²) in [4.78, 5) is 42.8. The number of ether oxygens (including phenoxy) is 1. The molecule has 0 atom stereocenters. The zero-order valence-corrected chi connectivity index (χ0v) is 17.4. The molecule has 1 fully saturated rings. The van der Waals surface area contributed by atoms with Crippen molar-refractivity contribution >= 4 is 28.7 Å². The number of unbranched alkanes of at least 4 members (excludes halogenated alkanes) is 1. The number of hydrogen-bond donors (Lipinski definition) is 1. The minimum Gasteiger partial charge on any atom is -0.494 e. The van der Waals surface area contributed by atoms with E-state index in [-0.39, 0.29) is 29.9 Å². The molecule has 1 aromatic carbocycles. The molecule has 0 unspecified atom stereocenters. The standard InChI is InChI=1S/C22H28N4O4/c1-25(15-7-3-2-4-8-15)20(28)9-5-6-12-30-16-10-11-18-17(13-16)21(29)26-14-19(27)24-22(26)23-18/h10-11,13,15H,2-9,12,14H2,1H3,(H,23,24,27). The van der Waals surface area contributed by atoms with Crippen molar-refractivity contribution in [3.8, 4) is 5.75 Å². The number of fused-ring (bicyclic) bond motifs is 2. The maximum Gasteiger partial charge on any atom is 0.263 e. The largest absolute Gasteiger partial charge is 0.494 e. The highest BCUT2D eigenvalue weighted by Gasteiger charge is 2.22. The van der Waals surface area contributed by atoms with Gasteiger partial charge in [0, 0.05) is 19.5 Å². The van der Waals surface area contributed by atoms with Gasteiger partial charge in [-0.2, -0.15) is 0 Å². The fraction of sp³-hybridized carbons (Fsp3) is 0.545. The number of anilines is 1. The molecular weight excluding hydrogens is 384 g/mol. The Hall–Kier alpha value is -2.90. The molecule has 1 aromatic heterocycles. The molecule has 0 spiro atoms. The molecule has 2 heterocycles. The number of nitrogens with one attached hydrogen (secondary N) is 1. The summed E-state index contributed by atoms with van der Waals surface area (Å²) in [6.07, 6.45) is 8.03. The van der Waals surface area contributed by atoms with Crippen LogP contribution in [0.4, 0.5) is 5.95 Å². The molecular formula is C22H28N4O4. The maximum absolute atomic E-state index is 12.6. The van der Waals surface area contributed by atoms with Crippen LogP contribution in [-0.4, -0.2) is 46.0 Å². The smallest absolute Gasteiger partial charge is 0.263 e. The zero-order valence-electron chi connectivity index (χ0n) is 17.4. The van der Waals surface area contributed by atoms with Gasteiger partial charge >= 0.3 is 0 Å². The van der Waals surface area contributed by atoms with Crippen molar-refractivity contribution in [3.05, 3.63) is 28.6 Å². The monoisotopic (exact) mass is 412 g/mol. The summed E-state index contributed by atoms with van der Waals surface area (Å²) in [5.74, 6) is 0.845. The number of carbonyl (C=O) groups is 2. The van der Waals surface area contributed by atoms with Crippen LogP contribution in [-0.2, 0) is 16.1 Å².